The van der Waals surface area contributed by atoms with Gasteiger partial charge in [0.05, 0.1) is 6.61 Å². The number of halogens is 2. The van der Waals surface area contributed by atoms with Crippen molar-refractivity contribution in [3.05, 3.63) is 0 Å². The van der Waals surface area contributed by atoms with Crippen LogP contribution in [0.2, 0.25) is 0 Å². The standard InChI is InChI=1S/C18H25F2NO11/c1-9(22)28-8-14(30-10(2)23)18(32-12(4)25)16(21-17(26)27-6-5-19)15(31-11(3)24)13(20)7-29-18/h13-16H,5-8H2,1-4H3,(H,21,26)/t13?,14-,15?,16-,18+/m1/s1. The molecule has 0 aromatic heterocycles. The topological polar surface area (TPSA) is 153 Å². The molecule has 1 aliphatic heterocycles. The van der Waals surface area contributed by atoms with Crippen molar-refractivity contribution in [2.24, 2.45) is 0 Å². The highest BCUT2D eigenvalue weighted by molar-refractivity contribution is 5.71. The molecular formula is C18H25F2NO11. The second kappa shape index (κ2) is 12.1. The Kier molecular flexibility index (Phi) is 10.2. The van der Waals surface area contributed by atoms with Gasteiger partial charge in [0.2, 0.25) is 6.10 Å². The molecule has 0 spiro atoms. The van der Waals surface area contributed by atoms with E-state index >= 15 is 0 Å². The molecule has 1 N–H and O–H groups in total. The van der Waals surface area contributed by atoms with Crippen molar-refractivity contribution in [3.8, 4) is 0 Å². The summed E-state index contributed by atoms with van der Waals surface area (Å²) < 4.78 is 57.1. The lowest BCUT2D eigenvalue weighted by atomic mass is 9.90. The predicted molar refractivity (Wildman–Crippen MR) is 97.3 cm³/mol. The molecule has 0 aliphatic carbocycles. The van der Waals surface area contributed by atoms with Crippen LogP contribution in [0.25, 0.3) is 0 Å². The fourth-order valence-corrected chi connectivity index (χ4v) is 2.95. The quantitative estimate of drug-likeness (QED) is 0.361. The van der Waals surface area contributed by atoms with E-state index in [1.54, 1.807) is 0 Å². The van der Waals surface area contributed by atoms with Crippen LogP contribution in [0, 0.1) is 0 Å². The van der Waals surface area contributed by atoms with Crippen LogP contribution in [0.5, 0.6) is 0 Å². The van der Waals surface area contributed by atoms with Crippen LogP contribution in [0.3, 0.4) is 0 Å². The first-order chi connectivity index (χ1) is 14.9. The van der Waals surface area contributed by atoms with Gasteiger partial charge in [-0.25, -0.2) is 13.6 Å². The summed E-state index contributed by atoms with van der Waals surface area (Å²) in [6, 6.07) is -1.87. The lowest BCUT2D eigenvalue weighted by Crippen LogP contribution is -2.73. The molecule has 32 heavy (non-hydrogen) atoms. The first kappa shape index (κ1) is 27.0. The highest BCUT2D eigenvalue weighted by atomic mass is 19.1. The third-order valence-corrected chi connectivity index (χ3v) is 3.97. The Hall–Kier alpha value is -3.03. The molecule has 5 atom stereocenters. The van der Waals surface area contributed by atoms with E-state index in [0.29, 0.717) is 0 Å². The van der Waals surface area contributed by atoms with E-state index in [-0.39, 0.29) is 0 Å². The molecule has 1 amide bonds. The number of esters is 4. The third-order valence-electron chi connectivity index (χ3n) is 3.97. The van der Waals surface area contributed by atoms with Crippen LogP contribution in [0.15, 0.2) is 0 Å². The van der Waals surface area contributed by atoms with Gasteiger partial charge in [0.1, 0.15) is 25.9 Å². The molecule has 1 aliphatic rings. The molecule has 0 aromatic rings. The maximum absolute atomic E-state index is 14.7. The maximum atomic E-state index is 14.7. The fraction of sp³-hybridized carbons (Fsp3) is 0.722. The van der Waals surface area contributed by atoms with E-state index in [0.717, 1.165) is 27.7 Å². The Morgan fingerprint density at radius 2 is 1.69 bits per heavy atom. The normalized spacial score (nSPS) is 25.6. The number of nitrogens with one attached hydrogen (secondary N) is 1. The van der Waals surface area contributed by atoms with Gasteiger partial charge in [-0.1, -0.05) is 0 Å². The van der Waals surface area contributed by atoms with Gasteiger partial charge in [0, 0.05) is 27.7 Å². The maximum Gasteiger partial charge on any atom is 0.407 e. The summed E-state index contributed by atoms with van der Waals surface area (Å²) in [6.45, 7) is 0.617. The molecular weight excluding hydrogens is 444 g/mol. The average molecular weight is 469 g/mol. The average Bonchev–Trinajstić information content (AvgIpc) is 2.67. The van der Waals surface area contributed by atoms with Crippen molar-refractivity contribution in [1.82, 2.24) is 5.32 Å². The molecule has 0 radical (unpaired) electrons. The van der Waals surface area contributed by atoms with E-state index in [4.69, 9.17) is 23.7 Å². The molecule has 182 valence electrons. The zero-order chi connectivity index (χ0) is 24.5. The summed E-state index contributed by atoms with van der Waals surface area (Å²) in [5, 5.41) is 2.10. The zero-order valence-corrected chi connectivity index (χ0v) is 17.9. The summed E-state index contributed by atoms with van der Waals surface area (Å²) in [4.78, 5) is 58.6. The number of hydrogen-bond donors (Lipinski definition) is 1. The molecule has 12 nitrogen and oxygen atoms in total. The van der Waals surface area contributed by atoms with E-state index in [1.807, 2.05) is 0 Å². The van der Waals surface area contributed by atoms with E-state index < -0.39 is 86.7 Å². The van der Waals surface area contributed by atoms with Gasteiger partial charge in [-0.05, 0) is 0 Å². The van der Waals surface area contributed by atoms with Crippen LogP contribution in [-0.2, 0) is 47.6 Å². The van der Waals surface area contributed by atoms with Crippen molar-refractivity contribution in [3.63, 3.8) is 0 Å². The largest absolute Gasteiger partial charge is 0.462 e. The van der Waals surface area contributed by atoms with Crippen LogP contribution in [0.1, 0.15) is 27.7 Å². The number of amides is 1. The second-order valence-electron chi connectivity index (χ2n) is 6.56. The molecule has 0 aromatic carbocycles. The van der Waals surface area contributed by atoms with Gasteiger partial charge in [0.25, 0.3) is 5.79 Å². The summed E-state index contributed by atoms with van der Waals surface area (Å²) in [6.07, 6.45) is -6.92. The van der Waals surface area contributed by atoms with Gasteiger partial charge in [-0.15, -0.1) is 0 Å². The number of ether oxygens (including phenoxy) is 6. The first-order valence-corrected chi connectivity index (χ1v) is 9.37. The Morgan fingerprint density at radius 3 is 2.19 bits per heavy atom. The summed E-state index contributed by atoms with van der Waals surface area (Å²) in [7, 11) is 0. The van der Waals surface area contributed by atoms with Crippen molar-refractivity contribution in [2.45, 2.75) is 57.9 Å². The predicted octanol–water partition coefficient (Wildman–Crippen LogP) is 0.105. The van der Waals surface area contributed by atoms with Gasteiger partial charge in [-0.2, -0.15) is 0 Å². The highest BCUT2D eigenvalue weighted by Crippen LogP contribution is 2.36. The van der Waals surface area contributed by atoms with Gasteiger partial charge in [0.15, 0.2) is 12.3 Å². The molecule has 1 heterocycles. The molecule has 2 unspecified atom stereocenters. The third kappa shape index (κ3) is 7.59. The number of carbonyl (C=O) groups excluding carboxylic acids is 5. The Morgan fingerprint density at radius 1 is 1.03 bits per heavy atom. The molecule has 1 saturated heterocycles. The number of carbonyl (C=O) groups is 5. The van der Waals surface area contributed by atoms with Crippen molar-refractivity contribution in [2.75, 3.05) is 26.5 Å². The zero-order valence-electron chi connectivity index (χ0n) is 17.9. The first-order valence-electron chi connectivity index (χ1n) is 9.37. The molecule has 1 rings (SSSR count). The highest BCUT2D eigenvalue weighted by Gasteiger charge is 2.62. The minimum absolute atomic E-state index is 0.669. The van der Waals surface area contributed by atoms with Crippen molar-refractivity contribution >= 4 is 30.0 Å². The van der Waals surface area contributed by atoms with Gasteiger partial charge < -0.3 is 33.7 Å². The van der Waals surface area contributed by atoms with Crippen molar-refractivity contribution < 1.29 is 61.2 Å². The molecule has 1 fully saturated rings. The van der Waals surface area contributed by atoms with Crippen LogP contribution < -0.4 is 5.32 Å². The monoisotopic (exact) mass is 469 g/mol. The van der Waals surface area contributed by atoms with Crippen LogP contribution in [-0.4, -0.2) is 86.7 Å². The molecule has 0 bridgehead atoms. The minimum Gasteiger partial charge on any atom is -0.462 e. The Labute approximate surface area is 181 Å². The fourth-order valence-electron chi connectivity index (χ4n) is 2.95. The van der Waals surface area contributed by atoms with Crippen LogP contribution in [0.4, 0.5) is 13.6 Å². The summed E-state index contributed by atoms with van der Waals surface area (Å²) >= 11 is 0. The number of alkyl halides is 2. The van der Waals surface area contributed by atoms with Gasteiger partial charge in [-0.3, -0.25) is 19.2 Å². The molecule has 0 saturated carbocycles. The van der Waals surface area contributed by atoms with Crippen LogP contribution >= 0.6 is 0 Å². The summed E-state index contributed by atoms with van der Waals surface area (Å²) in [5.41, 5.74) is 0. The number of hydrogen-bond acceptors (Lipinski definition) is 11. The molecule has 14 heteroatoms. The van der Waals surface area contributed by atoms with E-state index in [2.05, 4.69) is 10.1 Å². The minimum atomic E-state index is -2.52. The Balaban J connectivity index is 3.55. The number of alkyl carbamates (subject to hydrolysis) is 1. The van der Waals surface area contributed by atoms with E-state index in [1.165, 1.54) is 0 Å². The summed E-state index contributed by atoms with van der Waals surface area (Å²) in [5.74, 6) is -6.29. The smallest absolute Gasteiger partial charge is 0.407 e. The Bertz CT molecular complexity index is 719. The lowest BCUT2D eigenvalue weighted by Gasteiger charge is -2.48. The van der Waals surface area contributed by atoms with Gasteiger partial charge >= 0.3 is 30.0 Å². The number of rotatable bonds is 9. The second-order valence-corrected chi connectivity index (χ2v) is 6.56. The lowest BCUT2D eigenvalue weighted by molar-refractivity contribution is -0.325. The van der Waals surface area contributed by atoms with Crippen molar-refractivity contribution in [1.29, 1.82) is 0 Å². The SMILES string of the molecule is CC(=O)OC[C@@H](OC(C)=O)[C@@]1(OC(C)=O)OCC(F)C(OC(C)=O)[C@H]1NC(=O)OCCF. The van der Waals surface area contributed by atoms with E-state index in [9.17, 15) is 32.8 Å².